The molecule has 86 valence electrons. The molecule has 2 rings (SSSR count). The molecule has 16 heavy (non-hydrogen) atoms. The number of carbonyl (C=O) groups is 1. The van der Waals surface area contributed by atoms with Crippen LogP contribution in [0.5, 0.6) is 0 Å². The molecule has 0 radical (unpaired) electrons. The van der Waals surface area contributed by atoms with Crippen LogP contribution in [0.1, 0.15) is 36.0 Å². The Morgan fingerprint density at radius 1 is 1.25 bits per heavy atom. The lowest BCUT2D eigenvalue weighted by Gasteiger charge is -2.22. The summed E-state index contributed by atoms with van der Waals surface area (Å²) in [6.45, 7) is 0.334. The minimum Gasteiger partial charge on any atom is -0.460 e. The molecule has 0 aromatic heterocycles. The van der Waals surface area contributed by atoms with E-state index in [2.05, 4.69) is 0 Å². The summed E-state index contributed by atoms with van der Waals surface area (Å²) >= 11 is 0. The van der Waals surface area contributed by atoms with Crippen molar-refractivity contribution in [2.75, 3.05) is 6.61 Å². The highest BCUT2D eigenvalue weighted by molar-refractivity contribution is 5.89. The molecule has 1 saturated carbocycles. The van der Waals surface area contributed by atoms with Crippen LogP contribution in [0.4, 0.5) is 0 Å². The topological polar surface area (TPSA) is 52.3 Å². The van der Waals surface area contributed by atoms with Gasteiger partial charge in [0.1, 0.15) is 6.61 Å². The second-order valence-electron chi connectivity index (χ2n) is 4.51. The molecule has 0 aliphatic heterocycles. The average Bonchev–Trinajstić information content (AvgIpc) is 2.75. The minimum atomic E-state index is -0.287. The number of hydrogen-bond donors (Lipinski definition) is 1. The quantitative estimate of drug-likeness (QED) is 0.792. The van der Waals surface area contributed by atoms with Gasteiger partial charge < -0.3 is 10.5 Å². The fourth-order valence-electron chi connectivity index (χ4n) is 2.09. The molecule has 1 aliphatic carbocycles. The molecule has 0 saturated heterocycles. The Bertz CT molecular complexity index is 355. The summed E-state index contributed by atoms with van der Waals surface area (Å²) in [6.07, 6.45) is 4.18. The van der Waals surface area contributed by atoms with E-state index in [4.69, 9.17) is 10.5 Å². The van der Waals surface area contributed by atoms with Gasteiger partial charge in [0.25, 0.3) is 0 Å². The van der Waals surface area contributed by atoms with E-state index in [1.165, 1.54) is 0 Å². The van der Waals surface area contributed by atoms with E-state index in [1.807, 2.05) is 18.2 Å². The maximum atomic E-state index is 11.7. The van der Waals surface area contributed by atoms with Crippen molar-refractivity contribution in [2.45, 2.75) is 31.2 Å². The zero-order valence-corrected chi connectivity index (χ0v) is 9.32. The zero-order chi connectivity index (χ0) is 11.4. The molecular weight excluding hydrogens is 202 g/mol. The molecule has 0 heterocycles. The Balaban J connectivity index is 1.89. The highest BCUT2D eigenvalue weighted by Crippen LogP contribution is 2.27. The number of ether oxygens (including phenoxy) is 1. The van der Waals surface area contributed by atoms with Gasteiger partial charge in [-0.25, -0.2) is 4.79 Å². The highest BCUT2D eigenvalue weighted by atomic mass is 16.5. The van der Waals surface area contributed by atoms with Crippen molar-refractivity contribution in [3.05, 3.63) is 35.9 Å². The van der Waals surface area contributed by atoms with E-state index in [1.54, 1.807) is 12.1 Å². The summed E-state index contributed by atoms with van der Waals surface area (Å²) in [5.41, 5.74) is 6.41. The van der Waals surface area contributed by atoms with Crippen molar-refractivity contribution < 1.29 is 9.53 Å². The third kappa shape index (κ3) is 2.61. The summed E-state index contributed by atoms with van der Waals surface area (Å²) in [4.78, 5) is 11.7. The molecule has 0 bridgehead atoms. The lowest BCUT2D eigenvalue weighted by atomic mass is 10.0. The predicted octanol–water partition coefficient (Wildman–Crippen LogP) is 2.11. The van der Waals surface area contributed by atoms with Gasteiger partial charge in [-0.05, 0) is 25.0 Å². The first-order chi connectivity index (χ1) is 7.70. The van der Waals surface area contributed by atoms with Crippen LogP contribution in [0, 0.1) is 0 Å². The van der Waals surface area contributed by atoms with Gasteiger partial charge in [0.15, 0.2) is 0 Å². The largest absolute Gasteiger partial charge is 0.460 e. The SMILES string of the molecule is NC1(COC(=O)c2ccccc2)CCCC1. The summed E-state index contributed by atoms with van der Waals surface area (Å²) in [6, 6.07) is 9.02. The maximum Gasteiger partial charge on any atom is 0.338 e. The molecular formula is C13H17NO2. The Morgan fingerprint density at radius 2 is 1.88 bits per heavy atom. The number of carbonyl (C=O) groups excluding carboxylic acids is 1. The third-order valence-corrected chi connectivity index (χ3v) is 3.10. The van der Waals surface area contributed by atoms with E-state index < -0.39 is 0 Å². The fourth-order valence-corrected chi connectivity index (χ4v) is 2.09. The van der Waals surface area contributed by atoms with E-state index in [-0.39, 0.29) is 11.5 Å². The second-order valence-corrected chi connectivity index (χ2v) is 4.51. The van der Waals surface area contributed by atoms with Gasteiger partial charge in [0.05, 0.1) is 11.1 Å². The molecule has 3 nitrogen and oxygen atoms in total. The Labute approximate surface area is 95.6 Å². The van der Waals surface area contributed by atoms with E-state index in [9.17, 15) is 4.79 Å². The van der Waals surface area contributed by atoms with Crippen molar-refractivity contribution in [3.63, 3.8) is 0 Å². The number of hydrogen-bond acceptors (Lipinski definition) is 3. The van der Waals surface area contributed by atoms with E-state index in [0.29, 0.717) is 12.2 Å². The normalized spacial score (nSPS) is 18.3. The van der Waals surface area contributed by atoms with Crippen molar-refractivity contribution >= 4 is 5.97 Å². The zero-order valence-electron chi connectivity index (χ0n) is 9.32. The average molecular weight is 219 g/mol. The summed E-state index contributed by atoms with van der Waals surface area (Å²) in [7, 11) is 0. The van der Waals surface area contributed by atoms with E-state index in [0.717, 1.165) is 25.7 Å². The van der Waals surface area contributed by atoms with Crippen LogP contribution in [-0.4, -0.2) is 18.1 Å². The Kier molecular flexibility index (Phi) is 3.25. The molecule has 3 heteroatoms. The second kappa shape index (κ2) is 4.66. The molecule has 1 aromatic carbocycles. The molecule has 0 atom stereocenters. The Morgan fingerprint density at radius 3 is 2.50 bits per heavy atom. The molecule has 1 aliphatic rings. The van der Waals surface area contributed by atoms with Crippen LogP contribution in [0.3, 0.4) is 0 Å². The molecule has 0 unspecified atom stereocenters. The molecule has 1 aromatic rings. The Hall–Kier alpha value is -1.35. The van der Waals surface area contributed by atoms with Crippen LogP contribution in [0.15, 0.2) is 30.3 Å². The van der Waals surface area contributed by atoms with Crippen LogP contribution < -0.4 is 5.73 Å². The van der Waals surface area contributed by atoms with Crippen molar-refractivity contribution in [1.82, 2.24) is 0 Å². The minimum absolute atomic E-state index is 0.280. The number of rotatable bonds is 3. The first kappa shape index (κ1) is 11.1. The van der Waals surface area contributed by atoms with Gasteiger partial charge in [-0.15, -0.1) is 0 Å². The first-order valence-corrected chi connectivity index (χ1v) is 5.71. The van der Waals surface area contributed by atoms with Crippen LogP contribution in [-0.2, 0) is 4.74 Å². The van der Waals surface area contributed by atoms with E-state index >= 15 is 0 Å². The monoisotopic (exact) mass is 219 g/mol. The first-order valence-electron chi connectivity index (χ1n) is 5.71. The standard InChI is InChI=1S/C13H17NO2/c14-13(8-4-5-9-13)10-16-12(15)11-6-2-1-3-7-11/h1-3,6-7H,4-5,8-10,14H2. The van der Waals surface area contributed by atoms with Gasteiger partial charge in [-0.2, -0.15) is 0 Å². The molecule has 0 spiro atoms. The lowest BCUT2D eigenvalue weighted by molar-refractivity contribution is 0.0410. The predicted molar refractivity (Wildman–Crippen MR) is 62.1 cm³/mol. The van der Waals surface area contributed by atoms with Gasteiger partial charge in [-0.3, -0.25) is 0 Å². The van der Waals surface area contributed by atoms with Crippen LogP contribution >= 0.6 is 0 Å². The molecule has 2 N–H and O–H groups in total. The highest BCUT2D eigenvalue weighted by Gasteiger charge is 2.30. The third-order valence-electron chi connectivity index (χ3n) is 3.10. The van der Waals surface area contributed by atoms with Gasteiger partial charge in [0.2, 0.25) is 0 Å². The lowest BCUT2D eigenvalue weighted by Crippen LogP contribution is -2.42. The van der Waals surface area contributed by atoms with Crippen LogP contribution in [0.2, 0.25) is 0 Å². The molecule has 1 fully saturated rings. The summed E-state index contributed by atoms with van der Waals surface area (Å²) in [5, 5.41) is 0. The smallest absolute Gasteiger partial charge is 0.338 e. The van der Waals surface area contributed by atoms with Gasteiger partial charge in [-0.1, -0.05) is 31.0 Å². The van der Waals surface area contributed by atoms with Crippen molar-refractivity contribution in [2.24, 2.45) is 5.73 Å². The maximum absolute atomic E-state index is 11.7. The van der Waals surface area contributed by atoms with Gasteiger partial charge >= 0.3 is 5.97 Å². The number of nitrogens with two attached hydrogens (primary N) is 1. The number of esters is 1. The molecule has 0 amide bonds. The van der Waals surface area contributed by atoms with Gasteiger partial charge in [0, 0.05) is 0 Å². The van der Waals surface area contributed by atoms with Crippen LogP contribution in [0.25, 0.3) is 0 Å². The van der Waals surface area contributed by atoms with Crippen molar-refractivity contribution in [1.29, 1.82) is 0 Å². The summed E-state index contributed by atoms with van der Waals surface area (Å²) in [5.74, 6) is -0.280. The van der Waals surface area contributed by atoms with Crippen molar-refractivity contribution in [3.8, 4) is 0 Å². The summed E-state index contributed by atoms with van der Waals surface area (Å²) < 4.78 is 5.25. The number of benzene rings is 1. The fraction of sp³-hybridized carbons (Fsp3) is 0.462.